The molecule has 2 atom stereocenters. The van der Waals surface area contributed by atoms with E-state index in [1.165, 1.54) is 0 Å². The number of aromatic hydroxyl groups is 2. The van der Waals surface area contributed by atoms with E-state index in [2.05, 4.69) is 0 Å². The fourth-order valence-electron chi connectivity index (χ4n) is 4.33. The molecule has 162 valence electrons. The Morgan fingerprint density at radius 3 is 2.39 bits per heavy atom. The number of phenolic OH excluding ortho intramolecular Hbond substituents is 2. The molecule has 0 amide bonds. The van der Waals surface area contributed by atoms with Crippen molar-refractivity contribution in [1.29, 1.82) is 0 Å². The number of carbonyl (C=O) groups excluding carboxylic acids is 1. The maximum atomic E-state index is 13.2. The summed E-state index contributed by atoms with van der Waals surface area (Å²) in [4.78, 5) is 13.2. The highest BCUT2D eigenvalue weighted by Crippen LogP contribution is 2.53. The van der Waals surface area contributed by atoms with Crippen molar-refractivity contribution >= 4 is 11.9 Å². The first-order chi connectivity index (χ1) is 14.6. The number of Topliss-reactive ketones (excluding diaryl/α,β-unsaturated/α-hetero) is 1. The van der Waals surface area contributed by atoms with E-state index in [9.17, 15) is 15.0 Å². The highest BCUT2D eigenvalue weighted by Gasteiger charge is 2.49. The zero-order chi connectivity index (χ0) is 22.1. The van der Waals surface area contributed by atoms with Crippen LogP contribution in [0.15, 0.2) is 30.3 Å². The highest BCUT2D eigenvalue weighted by molar-refractivity contribution is 6.05. The second-order valence-corrected chi connectivity index (χ2v) is 9.55. The van der Waals surface area contributed by atoms with E-state index in [1.807, 2.05) is 39.8 Å². The Kier molecular flexibility index (Phi) is 4.18. The second kappa shape index (κ2) is 6.50. The smallest absolute Gasteiger partial charge is 0.174 e. The Morgan fingerprint density at radius 2 is 1.74 bits per heavy atom. The fraction of sp³-hybridized carbons (Fsp3) is 0.400. The molecule has 31 heavy (non-hydrogen) atoms. The van der Waals surface area contributed by atoms with Crippen molar-refractivity contribution in [3.8, 4) is 23.0 Å². The molecule has 0 saturated carbocycles. The summed E-state index contributed by atoms with van der Waals surface area (Å²) >= 11 is 0. The molecule has 0 bridgehead atoms. The van der Waals surface area contributed by atoms with Gasteiger partial charge in [0.15, 0.2) is 5.78 Å². The van der Waals surface area contributed by atoms with Crippen molar-refractivity contribution in [1.82, 2.24) is 0 Å². The molecule has 2 N–H and O–H groups in total. The monoisotopic (exact) mass is 422 g/mol. The molecule has 0 aliphatic carbocycles. The van der Waals surface area contributed by atoms with Crippen LogP contribution in [0, 0.1) is 0 Å². The molecule has 2 aromatic carbocycles. The van der Waals surface area contributed by atoms with E-state index in [1.54, 1.807) is 24.3 Å². The number of epoxide rings is 1. The molecule has 0 aromatic heterocycles. The van der Waals surface area contributed by atoms with Crippen LogP contribution >= 0.6 is 0 Å². The van der Waals surface area contributed by atoms with Gasteiger partial charge >= 0.3 is 0 Å². The van der Waals surface area contributed by atoms with Crippen molar-refractivity contribution in [2.45, 2.75) is 63.9 Å². The van der Waals surface area contributed by atoms with Gasteiger partial charge in [0.1, 0.15) is 40.3 Å². The van der Waals surface area contributed by atoms with Crippen LogP contribution in [0.25, 0.3) is 6.08 Å². The summed E-state index contributed by atoms with van der Waals surface area (Å²) in [5, 5.41) is 20.6. The Labute approximate surface area is 181 Å². The van der Waals surface area contributed by atoms with Crippen molar-refractivity contribution in [2.75, 3.05) is 0 Å². The summed E-state index contributed by atoms with van der Waals surface area (Å²) in [6.45, 7) is 7.92. The van der Waals surface area contributed by atoms with Gasteiger partial charge in [0.25, 0.3) is 0 Å². The first-order valence-corrected chi connectivity index (χ1v) is 10.5. The van der Waals surface area contributed by atoms with Crippen molar-refractivity contribution in [3.63, 3.8) is 0 Å². The Hall–Kier alpha value is -2.99. The van der Waals surface area contributed by atoms with Crippen LogP contribution in [-0.4, -0.2) is 33.3 Å². The fourth-order valence-corrected chi connectivity index (χ4v) is 4.33. The maximum Gasteiger partial charge on any atom is 0.174 e. The quantitative estimate of drug-likeness (QED) is 0.697. The number of fused-ring (bicyclic) bond motifs is 2. The van der Waals surface area contributed by atoms with E-state index in [-0.39, 0.29) is 41.0 Å². The molecule has 6 nitrogen and oxygen atoms in total. The number of benzene rings is 2. The normalized spacial score (nSPS) is 24.6. The number of rotatable bonds is 3. The topological polar surface area (TPSA) is 88.5 Å². The molecule has 1 saturated heterocycles. The summed E-state index contributed by atoms with van der Waals surface area (Å²) in [7, 11) is 0. The van der Waals surface area contributed by atoms with Gasteiger partial charge in [-0.2, -0.15) is 0 Å². The second-order valence-electron chi connectivity index (χ2n) is 9.55. The van der Waals surface area contributed by atoms with E-state index in [0.29, 0.717) is 23.5 Å². The van der Waals surface area contributed by atoms with Gasteiger partial charge in [0.2, 0.25) is 0 Å². The average Bonchev–Trinajstić information content (AvgIpc) is 3.30. The van der Waals surface area contributed by atoms with Crippen molar-refractivity contribution in [2.24, 2.45) is 0 Å². The summed E-state index contributed by atoms with van der Waals surface area (Å²) in [5.74, 6) is 0.757. The van der Waals surface area contributed by atoms with E-state index < -0.39 is 11.7 Å². The first kappa shape index (κ1) is 19.9. The van der Waals surface area contributed by atoms with Crippen molar-refractivity contribution < 1.29 is 29.2 Å². The molecular weight excluding hydrogens is 396 g/mol. The van der Waals surface area contributed by atoms with Crippen LogP contribution in [0.4, 0.5) is 0 Å². The molecule has 2 aromatic rings. The summed E-state index contributed by atoms with van der Waals surface area (Å²) in [6.07, 6.45) is 3.75. The third kappa shape index (κ3) is 3.35. The molecule has 0 radical (unpaired) electrons. The number of hydrogen-bond acceptors (Lipinski definition) is 6. The standard InChI is InChI=1S/C25H26O6/c1-24(2)10-9-15-21(28)20-17(27)12-18(13-5-7-14(26)8-6-13)29-23(20)16(22(15)31-24)11-19-25(3,4)30-19/h5-10,18-19,26,28H,11-12H2,1-4H3/t18-,19-/m0/s1. The molecule has 0 unspecified atom stereocenters. The minimum atomic E-state index is -0.558. The minimum absolute atomic E-state index is 0.0318. The first-order valence-electron chi connectivity index (χ1n) is 10.5. The predicted molar refractivity (Wildman–Crippen MR) is 115 cm³/mol. The minimum Gasteiger partial charge on any atom is -0.508 e. The molecule has 0 spiro atoms. The SMILES string of the molecule is CC1(C)C=Cc2c(O)c3c(c(C[C@@H]4OC4(C)C)c2O1)O[C@H](c1ccc(O)cc1)CC3=O. The number of hydrogen-bond donors (Lipinski definition) is 2. The summed E-state index contributed by atoms with van der Waals surface area (Å²) in [5.41, 5.74) is 1.42. The lowest BCUT2D eigenvalue weighted by atomic mass is 9.87. The van der Waals surface area contributed by atoms with Crippen LogP contribution in [0.1, 0.15) is 67.3 Å². The molecule has 1 fully saturated rings. The van der Waals surface area contributed by atoms with Crippen LogP contribution in [-0.2, 0) is 11.2 Å². The van der Waals surface area contributed by atoms with Gasteiger partial charge in [-0.15, -0.1) is 0 Å². The molecule has 3 heterocycles. The van der Waals surface area contributed by atoms with E-state index in [4.69, 9.17) is 14.2 Å². The van der Waals surface area contributed by atoms with Gasteiger partial charge in [-0.25, -0.2) is 0 Å². The number of carbonyl (C=O) groups is 1. The number of ether oxygens (including phenoxy) is 3. The molecule has 6 heteroatoms. The van der Waals surface area contributed by atoms with E-state index >= 15 is 0 Å². The van der Waals surface area contributed by atoms with Crippen LogP contribution in [0.5, 0.6) is 23.0 Å². The molecule has 3 aliphatic rings. The lowest BCUT2D eigenvalue weighted by Gasteiger charge is -2.34. The Balaban J connectivity index is 1.66. The van der Waals surface area contributed by atoms with Gasteiger partial charge < -0.3 is 24.4 Å². The van der Waals surface area contributed by atoms with Crippen LogP contribution in [0.2, 0.25) is 0 Å². The lowest BCUT2D eigenvalue weighted by molar-refractivity contribution is 0.0838. The Bertz CT molecular complexity index is 1110. The van der Waals surface area contributed by atoms with Crippen molar-refractivity contribution in [3.05, 3.63) is 52.6 Å². The zero-order valence-electron chi connectivity index (χ0n) is 18.1. The predicted octanol–water partition coefficient (Wildman–Crippen LogP) is 4.71. The van der Waals surface area contributed by atoms with Crippen LogP contribution < -0.4 is 9.47 Å². The number of phenols is 2. The summed E-state index contributed by atoms with van der Waals surface area (Å²) < 4.78 is 18.4. The van der Waals surface area contributed by atoms with Gasteiger partial charge in [0, 0.05) is 12.0 Å². The zero-order valence-corrected chi connectivity index (χ0v) is 18.1. The Morgan fingerprint density at radius 1 is 1.06 bits per heavy atom. The largest absolute Gasteiger partial charge is 0.508 e. The average molecular weight is 422 g/mol. The third-order valence-electron chi connectivity index (χ3n) is 6.26. The van der Waals surface area contributed by atoms with Gasteiger partial charge in [-0.1, -0.05) is 12.1 Å². The molecular formula is C25H26O6. The maximum absolute atomic E-state index is 13.2. The third-order valence-corrected chi connectivity index (χ3v) is 6.26. The highest BCUT2D eigenvalue weighted by atomic mass is 16.6. The van der Waals surface area contributed by atoms with Crippen LogP contribution in [0.3, 0.4) is 0 Å². The number of ketones is 1. The molecule has 3 aliphatic heterocycles. The molecule has 5 rings (SSSR count). The van der Waals surface area contributed by atoms with Gasteiger partial charge in [-0.05, 0) is 57.5 Å². The van der Waals surface area contributed by atoms with Gasteiger partial charge in [0.05, 0.1) is 23.7 Å². The summed E-state index contributed by atoms with van der Waals surface area (Å²) in [6, 6.07) is 6.62. The lowest BCUT2D eigenvalue weighted by Crippen LogP contribution is -2.30. The van der Waals surface area contributed by atoms with E-state index in [0.717, 1.165) is 11.1 Å². The van der Waals surface area contributed by atoms with Gasteiger partial charge in [-0.3, -0.25) is 4.79 Å².